The van der Waals surface area contributed by atoms with Crippen molar-refractivity contribution in [3.05, 3.63) is 35.9 Å². The molecular formula is C21H28N8O5S. The van der Waals surface area contributed by atoms with E-state index < -0.39 is 27.3 Å². The molecule has 3 atom stereocenters. The molecule has 0 radical (unpaired) electrons. The molecule has 1 saturated heterocycles. The Morgan fingerprint density at radius 1 is 1.09 bits per heavy atom. The van der Waals surface area contributed by atoms with E-state index in [-0.39, 0.29) is 23.4 Å². The lowest BCUT2D eigenvalue weighted by Crippen LogP contribution is -2.31. The van der Waals surface area contributed by atoms with Crippen LogP contribution in [0.1, 0.15) is 55.9 Å². The maximum atomic E-state index is 13.4. The number of aryl methyl sites for hydroxylation is 1. The molecule has 0 saturated carbocycles. The second-order valence-electron chi connectivity index (χ2n) is 8.22. The number of hydrogen-bond acceptors (Lipinski definition) is 11. The number of rotatable bonds is 9. The van der Waals surface area contributed by atoms with Crippen LogP contribution in [0.2, 0.25) is 0 Å². The van der Waals surface area contributed by atoms with E-state index in [2.05, 4.69) is 34.9 Å². The smallest absolute Gasteiger partial charge is 0.245 e. The molecule has 3 aromatic rings. The summed E-state index contributed by atoms with van der Waals surface area (Å²) < 4.78 is 47.6. The number of anilines is 1. The molecule has 0 aliphatic carbocycles. The molecule has 4 rings (SSSR count). The first-order valence-electron chi connectivity index (χ1n) is 11.1. The fraction of sp³-hybridized carbons (Fsp3) is 0.524. The van der Waals surface area contributed by atoms with E-state index >= 15 is 0 Å². The predicted molar refractivity (Wildman–Crippen MR) is 125 cm³/mol. The van der Waals surface area contributed by atoms with E-state index in [4.69, 9.17) is 14.2 Å². The Bertz CT molecular complexity index is 1250. The van der Waals surface area contributed by atoms with Gasteiger partial charge in [0, 0.05) is 24.9 Å². The largest absolute Gasteiger partial charge is 0.479 e. The summed E-state index contributed by atoms with van der Waals surface area (Å²) in [5.74, 6) is 0.567. The third-order valence-corrected chi connectivity index (χ3v) is 7.76. The number of hydrogen-bond donors (Lipinski definition) is 1. The molecule has 4 heterocycles. The Kier molecular flexibility index (Phi) is 7.12. The van der Waals surface area contributed by atoms with Crippen LogP contribution in [0.15, 0.2) is 18.7 Å². The predicted octanol–water partition coefficient (Wildman–Crippen LogP) is 1.96. The van der Waals surface area contributed by atoms with Gasteiger partial charge in [-0.05, 0) is 32.3 Å². The van der Waals surface area contributed by atoms with Crippen LogP contribution in [-0.2, 0) is 14.8 Å². The second-order valence-corrected chi connectivity index (χ2v) is 10.3. The zero-order valence-corrected chi connectivity index (χ0v) is 21.0. The van der Waals surface area contributed by atoms with E-state index in [9.17, 15) is 8.42 Å². The Morgan fingerprint density at radius 2 is 1.74 bits per heavy atom. The minimum Gasteiger partial charge on any atom is -0.479 e. The molecule has 1 fully saturated rings. The molecule has 1 aliphatic heterocycles. The lowest BCUT2D eigenvalue weighted by molar-refractivity contribution is 0.103. The number of nitrogens with zero attached hydrogens (tertiary/aromatic N) is 7. The number of nitrogens with one attached hydrogen (secondary N) is 1. The molecule has 0 bridgehead atoms. The molecule has 0 amide bonds. The Balaban J connectivity index is 1.76. The zero-order valence-electron chi connectivity index (χ0n) is 20.2. The summed E-state index contributed by atoms with van der Waals surface area (Å²) in [6.45, 7) is 5.77. The molecule has 3 aromatic heterocycles. The summed E-state index contributed by atoms with van der Waals surface area (Å²) in [7, 11) is -1.09. The van der Waals surface area contributed by atoms with Gasteiger partial charge >= 0.3 is 0 Å². The molecule has 0 aromatic carbocycles. The van der Waals surface area contributed by atoms with Crippen molar-refractivity contribution in [3.63, 3.8) is 0 Å². The maximum absolute atomic E-state index is 13.4. The Labute approximate surface area is 203 Å². The number of aromatic nitrogens is 7. The molecular weight excluding hydrogens is 476 g/mol. The molecule has 0 spiro atoms. The standard InChI is InChI=1S/C21H28N8O5S/c1-12-9-22-17(23-10-12)13(2)14(3)35(30,31)28-21-27-26-18(15-7-6-8-34-15)29(21)16-19(32-4)24-11-25-20(16)33-5/h9-11,13-15H,6-8H2,1-5H3,(H,27,28)/t13?,14?,15-/m1/s1. The molecule has 14 heteroatoms. The lowest BCUT2D eigenvalue weighted by atomic mass is 10.1. The van der Waals surface area contributed by atoms with Crippen molar-refractivity contribution in [3.8, 4) is 17.4 Å². The zero-order chi connectivity index (χ0) is 25.2. The quantitative estimate of drug-likeness (QED) is 0.454. The average Bonchev–Trinajstić information content (AvgIpc) is 3.52. The van der Waals surface area contributed by atoms with Gasteiger partial charge in [-0.1, -0.05) is 6.92 Å². The number of ether oxygens (including phenoxy) is 3. The topological polar surface area (TPSA) is 156 Å². The molecule has 188 valence electrons. The summed E-state index contributed by atoms with van der Waals surface area (Å²) in [4.78, 5) is 16.9. The van der Waals surface area contributed by atoms with Gasteiger partial charge in [0.05, 0.1) is 19.5 Å². The summed E-state index contributed by atoms with van der Waals surface area (Å²) in [6.07, 6.45) is 5.73. The van der Waals surface area contributed by atoms with Crippen molar-refractivity contribution >= 4 is 16.0 Å². The second kappa shape index (κ2) is 10.1. The van der Waals surface area contributed by atoms with Crippen molar-refractivity contribution in [1.82, 2.24) is 34.7 Å². The highest BCUT2D eigenvalue weighted by atomic mass is 32.2. The summed E-state index contributed by atoms with van der Waals surface area (Å²) in [5, 5.41) is 7.50. The van der Waals surface area contributed by atoms with Gasteiger partial charge in [0.25, 0.3) is 0 Å². The van der Waals surface area contributed by atoms with Crippen LogP contribution in [0.3, 0.4) is 0 Å². The summed E-state index contributed by atoms with van der Waals surface area (Å²) >= 11 is 0. The summed E-state index contributed by atoms with van der Waals surface area (Å²) in [5.41, 5.74) is 1.14. The maximum Gasteiger partial charge on any atom is 0.245 e. The van der Waals surface area contributed by atoms with Crippen molar-refractivity contribution in [2.45, 2.75) is 50.9 Å². The first kappa shape index (κ1) is 24.7. The third kappa shape index (κ3) is 4.89. The van der Waals surface area contributed by atoms with Gasteiger partial charge in [-0.25, -0.2) is 18.4 Å². The third-order valence-electron chi connectivity index (χ3n) is 5.91. The Morgan fingerprint density at radius 3 is 2.31 bits per heavy atom. The van der Waals surface area contributed by atoms with Gasteiger partial charge in [0.2, 0.25) is 27.7 Å². The minimum atomic E-state index is -3.97. The van der Waals surface area contributed by atoms with E-state index in [0.717, 1.165) is 12.0 Å². The highest BCUT2D eigenvalue weighted by molar-refractivity contribution is 7.93. The van der Waals surface area contributed by atoms with Crippen molar-refractivity contribution in [2.75, 3.05) is 25.5 Å². The highest BCUT2D eigenvalue weighted by Crippen LogP contribution is 2.37. The number of sulfonamides is 1. The van der Waals surface area contributed by atoms with Crippen LogP contribution < -0.4 is 14.2 Å². The van der Waals surface area contributed by atoms with Gasteiger partial charge in [-0.3, -0.25) is 9.29 Å². The fourth-order valence-corrected chi connectivity index (χ4v) is 4.98. The number of methoxy groups -OCH3 is 2. The van der Waals surface area contributed by atoms with Crippen molar-refractivity contribution < 1.29 is 22.6 Å². The van der Waals surface area contributed by atoms with E-state index in [0.29, 0.717) is 24.7 Å². The average molecular weight is 505 g/mol. The molecule has 1 aliphatic rings. The molecule has 35 heavy (non-hydrogen) atoms. The minimum absolute atomic E-state index is 0.0641. The monoisotopic (exact) mass is 504 g/mol. The van der Waals surface area contributed by atoms with Crippen LogP contribution in [0.25, 0.3) is 5.69 Å². The van der Waals surface area contributed by atoms with Crippen molar-refractivity contribution in [1.29, 1.82) is 0 Å². The Hall–Kier alpha value is -3.39. The van der Waals surface area contributed by atoms with Gasteiger partial charge < -0.3 is 14.2 Å². The normalized spacial score (nSPS) is 17.7. The van der Waals surface area contributed by atoms with E-state index in [1.54, 1.807) is 26.2 Å². The first-order chi connectivity index (χ1) is 16.8. The van der Waals surface area contributed by atoms with Crippen LogP contribution in [0, 0.1) is 6.92 Å². The van der Waals surface area contributed by atoms with Gasteiger partial charge in [-0.2, -0.15) is 9.97 Å². The highest BCUT2D eigenvalue weighted by Gasteiger charge is 2.34. The van der Waals surface area contributed by atoms with Gasteiger partial charge in [0.15, 0.2) is 11.5 Å². The summed E-state index contributed by atoms with van der Waals surface area (Å²) in [6, 6.07) is 0. The van der Waals surface area contributed by atoms with E-state index in [1.165, 1.54) is 25.1 Å². The molecule has 13 nitrogen and oxygen atoms in total. The van der Waals surface area contributed by atoms with Gasteiger partial charge in [-0.15, -0.1) is 10.2 Å². The molecule has 2 unspecified atom stereocenters. The SMILES string of the molecule is COc1ncnc(OC)c1-n1c(NS(=O)(=O)C(C)C(C)c2ncc(C)cn2)nnc1[C@H]1CCCO1. The van der Waals surface area contributed by atoms with Crippen LogP contribution in [-0.4, -0.2) is 69.2 Å². The van der Waals surface area contributed by atoms with Crippen LogP contribution >= 0.6 is 0 Å². The lowest BCUT2D eigenvalue weighted by Gasteiger charge is -2.21. The molecule has 1 N–H and O–H groups in total. The fourth-order valence-electron chi connectivity index (χ4n) is 3.75. The van der Waals surface area contributed by atoms with Crippen LogP contribution in [0.4, 0.5) is 5.95 Å². The van der Waals surface area contributed by atoms with Crippen LogP contribution in [0.5, 0.6) is 11.8 Å². The van der Waals surface area contributed by atoms with Gasteiger partial charge in [0.1, 0.15) is 18.3 Å². The van der Waals surface area contributed by atoms with E-state index in [1.807, 2.05) is 6.92 Å². The van der Waals surface area contributed by atoms with Crippen molar-refractivity contribution in [2.24, 2.45) is 0 Å². The first-order valence-corrected chi connectivity index (χ1v) is 12.6.